The van der Waals surface area contributed by atoms with Crippen LogP contribution in [0.15, 0.2) is 12.3 Å². The quantitative estimate of drug-likeness (QED) is 0.878. The Morgan fingerprint density at radius 3 is 2.47 bits per heavy atom. The molecule has 108 valence electrons. The van der Waals surface area contributed by atoms with Gasteiger partial charge in [-0.05, 0) is 55.9 Å². The Labute approximate surface area is 117 Å². The van der Waals surface area contributed by atoms with E-state index in [0.717, 1.165) is 43.3 Å². The van der Waals surface area contributed by atoms with Crippen LogP contribution in [0.1, 0.15) is 64.7 Å². The second-order valence-electron chi connectivity index (χ2n) is 6.34. The molecular weight excluding hydrogens is 236 g/mol. The van der Waals surface area contributed by atoms with Crippen molar-refractivity contribution >= 4 is 0 Å². The zero-order chi connectivity index (χ0) is 13.8. The number of aliphatic hydroxyl groups is 1. The fourth-order valence-electron chi connectivity index (χ4n) is 3.36. The van der Waals surface area contributed by atoms with E-state index in [1.54, 1.807) is 0 Å². The molecule has 1 aliphatic rings. The summed E-state index contributed by atoms with van der Waals surface area (Å²) in [6, 6.07) is 1.98. The van der Waals surface area contributed by atoms with Crippen LogP contribution in [0.3, 0.4) is 0 Å². The number of rotatable bonds is 5. The minimum Gasteiger partial charge on any atom is -0.387 e. The standard InChI is InChI=1S/C16H28N2O/c1-4-11-18-15(9-10-17-18)16(19)14-7-5-13(6-8-14)12(2)3/h9-10,12-14,16,19H,4-8,11H2,1-3H3. The Kier molecular flexibility index (Phi) is 5.03. The molecule has 0 spiro atoms. The lowest BCUT2D eigenvalue weighted by molar-refractivity contribution is 0.0599. The molecule has 1 heterocycles. The maximum atomic E-state index is 10.6. The van der Waals surface area contributed by atoms with Gasteiger partial charge in [-0.2, -0.15) is 5.10 Å². The third-order valence-corrected chi connectivity index (χ3v) is 4.69. The summed E-state index contributed by atoms with van der Waals surface area (Å²) in [7, 11) is 0. The van der Waals surface area contributed by atoms with E-state index in [1.807, 2.05) is 16.9 Å². The number of aryl methyl sites for hydroxylation is 1. The topological polar surface area (TPSA) is 38.0 Å². The number of aliphatic hydroxyl groups excluding tert-OH is 1. The molecule has 1 N–H and O–H groups in total. The van der Waals surface area contributed by atoms with Crippen molar-refractivity contribution < 1.29 is 5.11 Å². The molecule has 1 unspecified atom stereocenters. The van der Waals surface area contributed by atoms with E-state index < -0.39 is 0 Å². The highest BCUT2D eigenvalue weighted by Crippen LogP contribution is 2.39. The van der Waals surface area contributed by atoms with Crippen LogP contribution < -0.4 is 0 Å². The van der Waals surface area contributed by atoms with E-state index in [9.17, 15) is 5.11 Å². The maximum Gasteiger partial charge on any atom is 0.0984 e. The zero-order valence-electron chi connectivity index (χ0n) is 12.5. The van der Waals surface area contributed by atoms with Gasteiger partial charge < -0.3 is 5.11 Å². The first-order valence-electron chi connectivity index (χ1n) is 7.83. The van der Waals surface area contributed by atoms with Crippen molar-refractivity contribution in [2.45, 2.75) is 65.5 Å². The van der Waals surface area contributed by atoms with Gasteiger partial charge >= 0.3 is 0 Å². The molecule has 19 heavy (non-hydrogen) atoms. The van der Waals surface area contributed by atoms with Crippen LogP contribution in [0.5, 0.6) is 0 Å². The van der Waals surface area contributed by atoms with E-state index in [4.69, 9.17) is 0 Å². The maximum absolute atomic E-state index is 10.6. The first-order valence-corrected chi connectivity index (χ1v) is 7.83. The molecule has 1 atom stereocenters. The molecule has 0 saturated heterocycles. The molecule has 3 heteroatoms. The minimum atomic E-state index is -0.331. The largest absolute Gasteiger partial charge is 0.387 e. The van der Waals surface area contributed by atoms with E-state index >= 15 is 0 Å². The number of hydrogen-bond acceptors (Lipinski definition) is 2. The molecule has 1 aromatic heterocycles. The number of hydrogen-bond donors (Lipinski definition) is 1. The molecule has 3 nitrogen and oxygen atoms in total. The minimum absolute atomic E-state index is 0.331. The first kappa shape index (κ1) is 14.6. The highest BCUT2D eigenvalue weighted by atomic mass is 16.3. The summed E-state index contributed by atoms with van der Waals surface area (Å²) in [6.45, 7) is 7.68. The van der Waals surface area contributed by atoms with Crippen molar-refractivity contribution in [3.05, 3.63) is 18.0 Å². The molecule has 0 aromatic carbocycles. The van der Waals surface area contributed by atoms with Crippen LogP contribution in [0, 0.1) is 17.8 Å². The van der Waals surface area contributed by atoms with Crippen LogP contribution in [-0.4, -0.2) is 14.9 Å². The highest BCUT2D eigenvalue weighted by Gasteiger charge is 2.29. The van der Waals surface area contributed by atoms with Crippen molar-refractivity contribution in [1.82, 2.24) is 9.78 Å². The molecule has 0 aliphatic heterocycles. The van der Waals surface area contributed by atoms with Gasteiger partial charge in [0.15, 0.2) is 0 Å². The highest BCUT2D eigenvalue weighted by molar-refractivity contribution is 5.06. The second kappa shape index (κ2) is 6.56. The van der Waals surface area contributed by atoms with E-state index in [-0.39, 0.29) is 6.10 Å². The van der Waals surface area contributed by atoms with Gasteiger partial charge in [-0.1, -0.05) is 20.8 Å². The van der Waals surface area contributed by atoms with Crippen molar-refractivity contribution in [2.75, 3.05) is 0 Å². The molecule has 1 saturated carbocycles. The zero-order valence-corrected chi connectivity index (χ0v) is 12.5. The predicted molar refractivity (Wildman–Crippen MR) is 77.8 cm³/mol. The molecule has 0 amide bonds. The van der Waals surface area contributed by atoms with Gasteiger partial charge in [0.05, 0.1) is 11.8 Å². The Morgan fingerprint density at radius 2 is 1.89 bits per heavy atom. The lowest BCUT2D eigenvalue weighted by Crippen LogP contribution is -2.24. The monoisotopic (exact) mass is 264 g/mol. The summed E-state index contributed by atoms with van der Waals surface area (Å²) in [5.41, 5.74) is 1.01. The van der Waals surface area contributed by atoms with Gasteiger partial charge in [0.2, 0.25) is 0 Å². The summed E-state index contributed by atoms with van der Waals surface area (Å²) >= 11 is 0. The summed E-state index contributed by atoms with van der Waals surface area (Å²) in [5.74, 6) is 2.05. The smallest absolute Gasteiger partial charge is 0.0984 e. The lowest BCUT2D eigenvalue weighted by Gasteiger charge is -2.33. The molecule has 1 fully saturated rings. The van der Waals surface area contributed by atoms with E-state index in [0.29, 0.717) is 5.92 Å². The molecule has 2 rings (SSSR count). The number of nitrogens with zero attached hydrogens (tertiary/aromatic N) is 2. The van der Waals surface area contributed by atoms with Crippen molar-refractivity contribution in [3.8, 4) is 0 Å². The normalized spacial score (nSPS) is 25.7. The predicted octanol–water partition coefficient (Wildman–Crippen LogP) is 3.79. The Balaban J connectivity index is 1.97. The van der Waals surface area contributed by atoms with Crippen molar-refractivity contribution in [1.29, 1.82) is 0 Å². The summed E-state index contributed by atoms with van der Waals surface area (Å²) in [6.07, 6.45) is 7.38. The van der Waals surface area contributed by atoms with Gasteiger partial charge in [-0.15, -0.1) is 0 Å². The average molecular weight is 264 g/mol. The van der Waals surface area contributed by atoms with Crippen molar-refractivity contribution in [2.24, 2.45) is 17.8 Å². The van der Waals surface area contributed by atoms with Crippen LogP contribution in [-0.2, 0) is 6.54 Å². The Hall–Kier alpha value is -0.830. The summed E-state index contributed by atoms with van der Waals surface area (Å²) in [5, 5.41) is 14.9. The Morgan fingerprint density at radius 1 is 1.26 bits per heavy atom. The van der Waals surface area contributed by atoms with Gasteiger partial charge in [0.1, 0.15) is 0 Å². The third-order valence-electron chi connectivity index (χ3n) is 4.69. The molecule has 1 aromatic rings. The first-order chi connectivity index (χ1) is 9.13. The fraction of sp³-hybridized carbons (Fsp3) is 0.812. The van der Waals surface area contributed by atoms with Gasteiger partial charge in [-0.3, -0.25) is 4.68 Å². The fourth-order valence-corrected chi connectivity index (χ4v) is 3.36. The van der Waals surface area contributed by atoms with Gasteiger partial charge in [0, 0.05) is 12.7 Å². The van der Waals surface area contributed by atoms with Crippen LogP contribution in [0.4, 0.5) is 0 Å². The lowest BCUT2D eigenvalue weighted by atomic mass is 9.75. The van der Waals surface area contributed by atoms with Gasteiger partial charge in [0.25, 0.3) is 0 Å². The van der Waals surface area contributed by atoms with Crippen LogP contribution >= 0.6 is 0 Å². The molecule has 0 radical (unpaired) electrons. The van der Waals surface area contributed by atoms with E-state index in [2.05, 4.69) is 25.9 Å². The SMILES string of the molecule is CCCn1nccc1C(O)C1CCC(C(C)C)CC1. The summed E-state index contributed by atoms with van der Waals surface area (Å²) in [4.78, 5) is 0. The second-order valence-corrected chi connectivity index (χ2v) is 6.34. The van der Waals surface area contributed by atoms with Crippen LogP contribution in [0.25, 0.3) is 0 Å². The summed E-state index contributed by atoms with van der Waals surface area (Å²) < 4.78 is 1.97. The molecule has 1 aliphatic carbocycles. The molecular formula is C16H28N2O. The number of aromatic nitrogens is 2. The average Bonchev–Trinajstić information content (AvgIpc) is 2.87. The Bertz CT molecular complexity index is 378. The van der Waals surface area contributed by atoms with Crippen molar-refractivity contribution in [3.63, 3.8) is 0 Å². The van der Waals surface area contributed by atoms with E-state index in [1.165, 1.54) is 12.8 Å². The van der Waals surface area contributed by atoms with Gasteiger partial charge in [-0.25, -0.2) is 0 Å². The third kappa shape index (κ3) is 3.38. The van der Waals surface area contributed by atoms with Crippen LogP contribution in [0.2, 0.25) is 0 Å². The molecule has 0 bridgehead atoms.